The van der Waals surface area contributed by atoms with Gasteiger partial charge in [0.15, 0.2) is 0 Å². The zero-order valence-corrected chi connectivity index (χ0v) is 12.1. The lowest BCUT2D eigenvalue weighted by Crippen LogP contribution is -2.45. The van der Waals surface area contributed by atoms with Crippen LogP contribution < -0.4 is 10.6 Å². The number of likely N-dealkylation sites (tertiary alicyclic amines) is 1. The number of nitrogens with one attached hydrogen (secondary N) is 2. The lowest BCUT2D eigenvalue weighted by molar-refractivity contribution is -0.130. The number of halogens is 1. The van der Waals surface area contributed by atoms with Crippen molar-refractivity contribution in [3.8, 4) is 0 Å². The number of amides is 3. The monoisotopic (exact) mass is 293 g/mol. The average Bonchev–Trinajstić information content (AvgIpc) is 2.92. The molecule has 1 atom stereocenters. The maximum Gasteiger partial charge on any atom is 0.314 e. The first-order valence-electron chi connectivity index (χ1n) is 7.09. The molecule has 3 amide bonds. The van der Waals surface area contributed by atoms with Crippen molar-refractivity contribution in [1.29, 1.82) is 0 Å². The third kappa shape index (κ3) is 4.18. The number of hydrogen-bond acceptors (Lipinski definition) is 2. The Hall–Kier alpha value is -2.11. The van der Waals surface area contributed by atoms with Crippen LogP contribution in [0.25, 0.3) is 0 Å². The fourth-order valence-corrected chi connectivity index (χ4v) is 2.66. The van der Waals surface area contributed by atoms with Gasteiger partial charge in [0.2, 0.25) is 5.91 Å². The lowest BCUT2D eigenvalue weighted by atomic mass is 10.0. The first-order valence-corrected chi connectivity index (χ1v) is 7.09. The van der Waals surface area contributed by atoms with E-state index in [1.165, 1.54) is 19.2 Å². The maximum atomic E-state index is 13.2. The zero-order chi connectivity index (χ0) is 15.2. The summed E-state index contributed by atoms with van der Waals surface area (Å²) in [6, 6.07) is 6.17. The molecule has 0 saturated carbocycles. The van der Waals surface area contributed by atoms with E-state index in [4.69, 9.17) is 0 Å². The second-order valence-corrected chi connectivity index (χ2v) is 5.15. The molecule has 2 N–H and O–H groups in total. The van der Waals surface area contributed by atoms with Gasteiger partial charge in [-0.3, -0.25) is 4.79 Å². The Labute approximate surface area is 123 Å². The van der Waals surface area contributed by atoms with Gasteiger partial charge in [-0.05, 0) is 37.0 Å². The van der Waals surface area contributed by atoms with Crippen LogP contribution in [0.2, 0.25) is 0 Å². The molecule has 0 unspecified atom stereocenters. The molecule has 0 radical (unpaired) electrons. The SMILES string of the molecule is CNC(=O)NCC(=O)N1CCC[C@@H]1Cc1cccc(F)c1. The van der Waals surface area contributed by atoms with Crippen LogP contribution in [0.15, 0.2) is 24.3 Å². The molecule has 1 saturated heterocycles. The number of benzene rings is 1. The molecule has 1 aromatic carbocycles. The van der Waals surface area contributed by atoms with Gasteiger partial charge in [0.05, 0.1) is 6.54 Å². The number of carbonyl (C=O) groups excluding carboxylic acids is 2. The summed E-state index contributed by atoms with van der Waals surface area (Å²) in [6.45, 7) is 0.674. The van der Waals surface area contributed by atoms with E-state index in [-0.39, 0.29) is 30.3 Å². The normalized spacial score (nSPS) is 17.6. The van der Waals surface area contributed by atoms with E-state index < -0.39 is 0 Å². The largest absolute Gasteiger partial charge is 0.341 e. The summed E-state index contributed by atoms with van der Waals surface area (Å²) in [6.07, 6.45) is 2.48. The Morgan fingerprint density at radius 2 is 2.24 bits per heavy atom. The summed E-state index contributed by atoms with van der Waals surface area (Å²) in [5, 5.41) is 4.91. The van der Waals surface area contributed by atoms with Crippen molar-refractivity contribution in [2.75, 3.05) is 20.1 Å². The van der Waals surface area contributed by atoms with Gasteiger partial charge in [-0.15, -0.1) is 0 Å². The van der Waals surface area contributed by atoms with Crippen LogP contribution in [-0.4, -0.2) is 43.0 Å². The van der Waals surface area contributed by atoms with Crippen LogP contribution in [0.5, 0.6) is 0 Å². The maximum absolute atomic E-state index is 13.2. The molecule has 2 rings (SSSR count). The van der Waals surface area contributed by atoms with Crippen LogP contribution in [0.1, 0.15) is 18.4 Å². The molecule has 1 aliphatic rings. The van der Waals surface area contributed by atoms with Crippen LogP contribution in [0.4, 0.5) is 9.18 Å². The highest BCUT2D eigenvalue weighted by molar-refractivity contribution is 5.84. The Morgan fingerprint density at radius 3 is 2.95 bits per heavy atom. The molecule has 114 valence electrons. The summed E-state index contributed by atoms with van der Waals surface area (Å²) in [5.41, 5.74) is 0.888. The number of urea groups is 1. The first kappa shape index (κ1) is 15.3. The van der Waals surface area contributed by atoms with Gasteiger partial charge in [0.1, 0.15) is 5.82 Å². The molecule has 0 aliphatic carbocycles. The second-order valence-electron chi connectivity index (χ2n) is 5.15. The fourth-order valence-electron chi connectivity index (χ4n) is 2.66. The Kier molecular flexibility index (Phi) is 5.14. The van der Waals surface area contributed by atoms with E-state index in [0.29, 0.717) is 13.0 Å². The highest BCUT2D eigenvalue weighted by atomic mass is 19.1. The van der Waals surface area contributed by atoms with Crippen molar-refractivity contribution in [2.24, 2.45) is 0 Å². The van der Waals surface area contributed by atoms with Gasteiger partial charge >= 0.3 is 6.03 Å². The minimum absolute atomic E-state index is 0.0146. The van der Waals surface area contributed by atoms with Crippen molar-refractivity contribution in [3.63, 3.8) is 0 Å². The minimum atomic E-state index is -0.371. The van der Waals surface area contributed by atoms with Gasteiger partial charge in [0.25, 0.3) is 0 Å². The van der Waals surface area contributed by atoms with Crippen molar-refractivity contribution < 1.29 is 14.0 Å². The summed E-state index contributed by atoms with van der Waals surface area (Å²) < 4.78 is 13.2. The third-order valence-corrected chi connectivity index (χ3v) is 3.69. The fraction of sp³-hybridized carbons (Fsp3) is 0.467. The van der Waals surface area contributed by atoms with Crippen LogP contribution in [0, 0.1) is 5.82 Å². The molecule has 1 heterocycles. The molecule has 0 bridgehead atoms. The van der Waals surface area contributed by atoms with Crippen molar-refractivity contribution in [3.05, 3.63) is 35.6 Å². The molecule has 0 aromatic heterocycles. The molecule has 0 spiro atoms. The average molecular weight is 293 g/mol. The topological polar surface area (TPSA) is 61.4 Å². The van der Waals surface area contributed by atoms with Crippen molar-refractivity contribution in [2.45, 2.75) is 25.3 Å². The number of carbonyl (C=O) groups is 2. The summed E-state index contributed by atoms with van der Waals surface area (Å²) in [7, 11) is 1.50. The quantitative estimate of drug-likeness (QED) is 0.878. The minimum Gasteiger partial charge on any atom is -0.341 e. The van der Waals surface area contributed by atoms with E-state index in [0.717, 1.165) is 18.4 Å². The molecule has 5 nitrogen and oxygen atoms in total. The van der Waals surface area contributed by atoms with E-state index in [1.54, 1.807) is 11.0 Å². The Morgan fingerprint density at radius 1 is 1.43 bits per heavy atom. The Bertz CT molecular complexity index is 521. The molecular formula is C15H20FN3O2. The van der Waals surface area contributed by atoms with Gasteiger partial charge in [-0.2, -0.15) is 0 Å². The van der Waals surface area contributed by atoms with Gasteiger partial charge in [-0.25, -0.2) is 9.18 Å². The van der Waals surface area contributed by atoms with Crippen LogP contribution in [-0.2, 0) is 11.2 Å². The van der Waals surface area contributed by atoms with Gasteiger partial charge in [0, 0.05) is 19.6 Å². The van der Waals surface area contributed by atoms with Crippen molar-refractivity contribution in [1.82, 2.24) is 15.5 Å². The predicted octanol–water partition coefficient (Wildman–Crippen LogP) is 1.29. The smallest absolute Gasteiger partial charge is 0.314 e. The standard InChI is InChI=1S/C15H20FN3O2/c1-17-15(21)18-10-14(20)19-7-3-6-13(19)9-11-4-2-5-12(16)8-11/h2,4-5,8,13H,3,6-7,9-10H2,1H3,(H2,17,18,21)/t13-/m1/s1. The molecule has 21 heavy (non-hydrogen) atoms. The van der Waals surface area contributed by atoms with E-state index in [2.05, 4.69) is 10.6 Å². The summed E-state index contributed by atoms with van der Waals surface area (Å²) in [5.74, 6) is -0.359. The summed E-state index contributed by atoms with van der Waals surface area (Å²) in [4.78, 5) is 25.0. The molecule has 1 fully saturated rings. The predicted molar refractivity (Wildman–Crippen MR) is 77.3 cm³/mol. The number of hydrogen-bond donors (Lipinski definition) is 2. The van der Waals surface area contributed by atoms with Crippen molar-refractivity contribution >= 4 is 11.9 Å². The molecule has 1 aromatic rings. The summed E-state index contributed by atoms with van der Waals surface area (Å²) >= 11 is 0. The first-order chi connectivity index (χ1) is 10.1. The number of rotatable bonds is 4. The van der Waals surface area contributed by atoms with E-state index >= 15 is 0 Å². The van der Waals surface area contributed by atoms with E-state index in [9.17, 15) is 14.0 Å². The van der Waals surface area contributed by atoms with E-state index in [1.807, 2.05) is 6.07 Å². The van der Waals surface area contributed by atoms with Crippen LogP contribution in [0.3, 0.4) is 0 Å². The van der Waals surface area contributed by atoms with Gasteiger partial charge < -0.3 is 15.5 Å². The third-order valence-electron chi connectivity index (χ3n) is 3.69. The lowest BCUT2D eigenvalue weighted by Gasteiger charge is -2.25. The van der Waals surface area contributed by atoms with Crippen LogP contribution >= 0.6 is 0 Å². The molecule has 6 heteroatoms. The molecule has 1 aliphatic heterocycles. The molecular weight excluding hydrogens is 273 g/mol. The highest BCUT2D eigenvalue weighted by Crippen LogP contribution is 2.21. The highest BCUT2D eigenvalue weighted by Gasteiger charge is 2.28. The second kappa shape index (κ2) is 7.06. The number of nitrogens with zero attached hydrogens (tertiary/aromatic N) is 1. The Balaban J connectivity index is 1.93. The zero-order valence-electron chi connectivity index (χ0n) is 12.1. The van der Waals surface area contributed by atoms with Gasteiger partial charge in [-0.1, -0.05) is 12.1 Å².